The maximum Gasteiger partial charge on any atom is 0.254 e. The highest BCUT2D eigenvalue weighted by Gasteiger charge is 2.17. The predicted octanol–water partition coefficient (Wildman–Crippen LogP) is 3.22. The monoisotopic (exact) mass is 323 g/mol. The SMILES string of the molecule is CCN(C(=O)c1csc(I)c1)C(C)C. The van der Waals surface area contributed by atoms with Gasteiger partial charge in [-0.25, -0.2) is 0 Å². The fourth-order valence-electron chi connectivity index (χ4n) is 1.33. The van der Waals surface area contributed by atoms with Gasteiger partial charge in [-0.2, -0.15) is 0 Å². The Morgan fingerprint density at radius 2 is 2.29 bits per heavy atom. The Bertz CT molecular complexity index is 322. The Kier molecular flexibility index (Phi) is 4.37. The Labute approximate surface area is 102 Å². The molecule has 0 unspecified atom stereocenters. The average Bonchev–Trinajstić information content (AvgIpc) is 2.52. The molecule has 1 heterocycles. The molecule has 14 heavy (non-hydrogen) atoms. The van der Waals surface area contributed by atoms with Crippen LogP contribution in [0.3, 0.4) is 0 Å². The smallest absolute Gasteiger partial charge is 0.254 e. The normalized spacial score (nSPS) is 10.6. The molecule has 0 spiro atoms. The minimum atomic E-state index is 0.140. The van der Waals surface area contributed by atoms with E-state index in [1.54, 1.807) is 11.3 Å². The molecule has 78 valence electrons. The van der Waals surface area contributed by atoms with Gasteiger partial charge in [0.25, 0.3) is 5.91 Å². The first kappa shape index (κ1) is 12.0. The van der Waals surface area contributed by atoms with E-state index in [2.05, 4.69) is 22.6 Å². The van der Waals surface area contributed by atoms with Gasteiger partial charge in [0.2, 0.25) is 0 Å². The van der Waals surface area contributed by atoms with E-state index in [1.807, 2.05) is 37.1 Å². The average molecular weight is 323 g/mol. The fourth-order valence-corrected chi connectivity index (χ4v) is 2.65. The largest absolute Gasteiger partial charge is 0.336 e. The van der Waals surface area contributed by atoms with Crippen molar-refractivity contribution in [3.8, 4) is 0 Å². The van der Waals surface area contributed by atoms with E-state index < -0.39 is 0 Å². The second kappa shape index (κ2) is 5.11. The standard InChI is InChI=1S/C10H14INOS/c1-4-12(7(2)3)10(13)8-5-9(11)14-6-8/h5-7H,4H2,1-3H3. The summed E-state index contributed by atoms with van der Waals surface area (Å²) in [4.78, 5) is 13.8. The first-order valence-electron chi connectivity index (χ1n) is 4.61. The van der Waals surface area contributed by atoms with Crippen LogP contribution in [0.25, 0.3) is 0 Å². The van der Waals surface area contributed by atoms with E-state index >= 15 is 0 Å². The highest BCUT2D eigenvalue weighted by Crippen LogP contribution is 2.18. The van der Waals surface area contributed by atoms with Crippen molar-refractivity contribution >= 4 is 39.8 Å². The molecule has 0 radical (unpaired) electrons. The molecular formula is C10H14INOS. The quantitative estimate of drug-likeness (QED) is 0.782. The van der Waals surface area contributed by atoms with Crippen molar-refractivity contribution in [2.75, 3.05) is 6.54 Å². The maximum absolute atomic E-state index is 12.0. The lowest BCUT2D eigenvalue weighted by Crippen LogP contribution is -2.36. The summed E-state index contributed by atoms with van der Waals surface area (Å²) in [7, 11) is 0. The zero-order chi connectivity index (χ0) is 10.7. The fraction of sp³-hybridized carbons (Fsp3) is 0.500. The van der Waals surface area contributed by atoms with Crippen LogP contribution in [0.1, 0.15) is 31.1 Å². The summed E-state index contributed by atoms with van der Waals surface area (Å²) in [5, 5.41) is 1.93. The molecule has 1 aromatic rings. The van der Waals surface area contributed by atoms with Crippen molar-refractivity contribution in [2.24, 2.45) is 0 Å². The van der Waals surface area contributed by atoms with Gasteiger partial charge in [-0.05, 0) is 49.4 Å². The lowest BCUT2D eigenvalue weighted by Gasteiger charge is -2.24. The van der Waals surface area contributed by atoms with Gasteiger partial charge in [-0.15, -0.1) is 11.3 Å². The number of rotatable bonds is 3. The Hall–Kier alpha value is -0.100. The van der Waals surface area contributed by atoms with E-state index in [9.17, 15) is 4.79 Å². The molecule has 2 nitrogen and oxygen atoms in total. The summed E-state index contributed by atoms with van der Waals surface area (Å²) < 4.78 is 1.16. The molecule has 0 aliphatic rings. The summed E-state index contributed by atoms with van der Waals surface area (Å²) in [6.07, 6.45) is 0. The third kappa shape index (κ3) is 2.70. The van der Waals surface area contributed by atoms with Crippen molar-refractivity contribution in [1.82, 2.24) is 4.90 Å². The molecule has 0 saturated carbocycles. The van der Waals surface area contributed by atoms with E-state index in [0.717, 1.165) is 15.0 Å². The van der Waals surface area contributed by atoms with Crippen molar-refractivity contribution in [3.05, 3.63) is 19.9 Å². The van der Waals surface area contributed by atoms with Crippen LogP contribution in [0.2, 0.25) is 0 Å². The van der Waals surface area contributed by atoms with Crippen molar-refractivity contribution in [1.29, 1.82) is 0 Å². The molecule has 0 N–H and O–H groups in total. The molecule has 0 saturated heterocycles. The molecule has 1 amide bonds. The van der Waals surface area contributed by atoms with E-state index in [4.69, 9.17) is 0 Å². The van der Waals surface area contributed by atoms with Crippen LogP contribution in [-0.4, -0.2) is 23.4 Å². The molecule has 0 aliphatic carbocycles. The highest BCUT2D eigenvalue weighted by molar-refractivity contribution is 14.1. The topological polar surface area (TPSA) is 20.3 Å². The molecule has 1 aromatic heterocycles. The highest BCUT2D eigenvalue weighted by atomic mass is 127. The molecule has 4 heteroatoms. The van der Waals surface area contributed by atoms with Crippen molar-refractivity contribution in [3.63, 3.8) is 0 Å². The number of thiophene rings is 1. The van der Waals surface area contributed by atoms with Crippen molar-refractivity contribution in [2.45, 2.75) is 26.8 Å². The van der Waals surface area contributed by atoms with E-state index in [1.165, 1.54) is 0 Å². The Morgan fingerprint density at radius 3 is 2.64 bits per heavy atom. The summed E-state index contributed by atoms with van der Waals surface area (Å²) in [5.74, 6) is 0.140. The van der Waals surface area contributed by atoms with Crippen molar-refractivity contribution < 1.29 is 4.79 Å². The second-order valence-corrected chi connectivity index (χ2v) is 6.13. The van der Waals surface area contributed by atoms with E-state index in [0.29, 0.717) is 0 Å². The summed E-state index contributed by atoms with van der Waals surface area (Å²) in [5.41, 5.74) is 0.815. The zero-order valence-electron chi connectivity index (χ0n) is 8.58. The third-order valence-corrected chi connectivity index (χ3v) is 3.83. The molecule has 1 rings (SSSR count). The van der Waals surface area contributed by atoms with Gasteiger partial charge in [0.05, 0.1) is 8.45 Å². The molecule has 0 aromatic carbocycles. The Balaban J connectivity index is 2.83. The van der Waals surface area contributed by atoms with Crippen LogP contribution in [-0.2, 0) is 0 Å². The lowest BCUT2D eigenvalue weighted by molar-refractivity contribution is 0.0717. The minimum Gasteiger partial charge on any atom is -0.336 e. The number of amides is 1. The van der Waals surface area contributed by atoms with Gasteiger partial charge < -0.3 is 4.90 Å². The van der Waals surface area contributed by atoms with Crippen LogP contribution < -0.4 is 0 Å². The third-order valence-electron chi connectivity index (χ3n) is 2.04. The molecule has 0 aliphatic heterocycles. The molecule has 0 bridgehead atoms. The van der Waals surface area contributed by atoms with Gasteiger partial charge in [0.15, 0.2) is 0 Å². The first-order chi connectivity index (χ1) is 6.56. The predicted molar refractivity (Wildman–Crippen MR) is 68.9 cm³/mol. The van der Waals surface area contributed by atoms with Crippen LogP contribution >= 0.6 is 33.9 Å². The van der Waals surface area contributed by atoms with Crippen LogP contribution in [0.5, 0.6) is 0 Å². The zero-order valence-corrected chi connectivity index (χ0v) is 11.6. The van der Waals surface area contributed by atoms with Crippen LogP contribution in [0.15, 0.2) is 11.4 Å². The number of carbonyl (C=O) groups excluding carboxylic acids is 1. The van der Waals surface area contributed by atoms with Gasteiger partial charge in [-0.1, -0.05) is 0 Å². The Morgan fingerprint density at radius 1 is 1.64 bits per heavy atom. The van der Waals surface area contributed by atoms with Gasteiger partial charge >= 0.3 is 0 Å². The second-order valence-electron chi connectivity index (χ2n) is 3.32. The molecule has 0 fully saturated rings. The molecular weight excluding hydrogens is 309 g/mol. The van der Waals surface area contributed by atoms with Gasteiger partial charge in [-0.3, -0.25) is 4.79 Å². The number of hydrogen-bond acceptors (Lipinski definition) is 2. The number of hydrogen-bond donors (Lipinski definition) is 0. The number of halogens is 1. The minimum absolute atomic E-state index is 0.140. The van der Waals surface area contributed by atoms with Crippen LogP contribution in [0.4, 0.5) is 0 Å². The summed E-state index contributed by atoms with van der Waals surface area (Å²) in [6.45, 7) is 6.86. The maximum atomic E-state index is 12.0. The summed E-state index contributed by atoms with van der Waals surface area (Å²) >= 11 is 3.85. The first-order valence-corrected chi connectivity index (χ1v) is 6.57. The summed E-state index contributed by atoms with van der Waals surface area (Å²) in [6, 6.07) is 2.21. The van der Waals surface area contributed by atoms with Gasteiger partial charge in [0, 0.05) is 18.0 Å². The number of nitrogens with zero attached hydrogens (tertiary/aromatic N) is 1. The van der Waals surface area contributed by atoms with Gasteiger partial charge in [0.1, 0.15) is 0 Å². The van der Waals surface area contributed by atoms with Crippen LogP contribution in [0, 0.1) is 2.88 Å². The van der Waals surface area contributed by atoms with E-state index in [-0.39, 0.29) is 11.9 Å². The lowest BCUT2D eigenvalue weighted by atomic mass is 10.2. The molecule has 0 atom stereocenters. The number of carbonyl (C=O) groups is 1.